The number of fused-ring (bicyclic) bond motifs is 2. The fraction of sp³-hybridized carbons (Fsp3) is 0.0323. The van der Waals surface area contributed by atoms with Crippen molar-refractivity contribution in [3.63, 3.8) is 0 Å². The molecule has 9 heteroatoms. The molecular weight excluding hydrogens is 561 g/mol. The van der Waals surface area contributed by atoms with Crippen LogP contribution in [0.5, 0.6) is 0 Å². The fourth-order valence-electron chi connectivity index (χ4n) is 4.49. The minimum Gasteiger partial charge on any atom is -0.272 e. The molecule has 0 fully saturated rings. The molecule has 1 amide bonds. The number of nitrogens with one attached hydrogen (secondary N) is 1. The molecule has 6 nitrogen and oxygen atoms in total. The summed E-state index contributed by atoms with van der Waals surface area (Å²) in [6.07, 6.45) is 1.71. The molecule has 1 aromatic heterocycles. The van der Waals surface area contributed by atoms with Gasteiger partial charge >= 0.3 is 0 Å². The van der Waals surface area contributed by atoms with E-state index in [-0.39, 0.29) is 11.7 Å². The Morgan fingerprint density at radius 1 is 0.825 bits per heavy atom. The molecule has 1 N–H and O–H groups in total. The van der Waals surface area contributed by atoms with Crippen molar-refractivity contribution in [3.05, 3.63) is 119 Å². The maximum Gasteiger partial charge on any atom is 0.250 e. The second-order valence-electron chi connectivity index (χ2n) is 8.94. The molecule has 6 aromatic rings. The van der Waals surface area contributed by atoms with Gasteiger partial charge in [0.15, 0.2) is 11.0 Å². The highest BCUT2D eigenvalue weighted by Crippen LogP contribution is 2.30. The van der Waals surface area contributed by atoms with Crippen LogP contribution in [0.1, 0.15) is 5.56 Å². The first kappa shape index (κ1) is 26.1. The summed E-state index contributed by atoms with van der Waals surface area (Å²) >= 11 is 13.5. The van der Waals surface area contributed by atoms with E-state index in [0.717, 1.165) is 38.4 Å². The molecule has 0 aliphatic carbocycles. The Kier molecular flexibility index (Phi) is 7.51. The monoisotopic (exact) mass is 581 g/mol. The number of aromatic nitrogens is 3. The van der Waals surface area contributed by atoms with Gasteiger partial charge < -0.3 is 0 Å². The zero-order valence-corrected chi connectivity index (χ0v) is 23.3. The van der Waals surface area contributed by atoms with Crippen LogP contribution in [0, 0.1) is 0 Å². The lowest BCUT2D eigenvalue weighted by atomic mass is 9.97. The van der Waals surface area contributed by atoms with Crippen LogP contribution >= 0.6 is 35.0 Å². The smallest absolute Gasteiger partial charge is 0.250 e. The Balaban J connectivity index is 1.23. The number of rotatable bonds is 7. The predicted octanol–water partition coefficient (Wildman–Crippen LogP) is 7.79. The average molecular weight is 583 g/mol. The Bertz CT molecular complexity index is 1810. The number of carbonyl (C=O) groups is 1. The quantitative estimate of drug-likeness (QED) is 0.0903. The van der Waals surface area contributed by atoms with E-state index < -0.39 is 0 Å². The average Bonchev–Trinajstić information content (AvgIpc) is 3.40. The molecule has 0 atom stereocenters. The molecule has 0 radical (unpaired) electrons. The molecule has 0 aliphatic heterocycles. The Morgan fingerprint density at radius 3 is 2.08 bits per heavy atom. The molecule has 5 aromatic carbocycles. The van der Waals surface area contributed by atoms with E-state index >= 15 is 0 Å². The van der Waals surface area contributed by atoms with E-state index in [1.165, 1.54) is 11.8 Å². The molecule has 40 heavy (non-hydrogen) atoms. The van der Waals surface area contributed by atoms with Crippen molar-refractivity contribution >= 4 is 68.6 Å². The van der Waals surface area contributed by atoms with Gasteiger partial charge in [0.05, 0.1) is 12.0 Å². The summed E-state index contributed by atoms with van der Waals surface area (Å²) in [5, 5.41) is 19.3. The van der Waals surface area contributed by atoms with E-state index in [4.69, 9.17) is 23.2 Å². The molecular formula is C31H21Cl2N5OS. The number of hydrogen-bond donors (Lipinski definition) is 1. The predicted molar refractivity (Wildman–Crippen MR) is 165 cm³/mol. The van der Waals surface area contributed by atoms with Crippen molar-refractivity contribution in [2.24, 2.45) is 5.10 Å². The zero-order valence-electron chi connectivity index (χ0n) is 21.0. The van der Waals surface area contributed by atoms with Crippen molar-refractivity contribution in [2.75, 3.05) is 5.75 Å². The minimum absolute atomic E-state index is 0.0972. The van der Waals surface area contributed by atoms with Gasteiger partial charge in [0.1, 0.15) is 0 Å². The number of benzene rings is 5. The topological polar surface area (TPSA) is 72.2 Å². The van der Waals surface area contributed by atoms with Crippen molar-refractivity contribution in [1.82, 2.24) is 20.2 Å². The number of amides is 1. The van der Waals surface area contributed by atoms with Gasteiger partial charge in [-0.15, -0.1) is 10.2 Å². The van der Waals surface area contributed by atoms with E-state index in [2.05, 4.69) is 51.1 Å². The molecule has 0 unspecified atom stereocenters. The van der Waals surface area contributed by atoms with Gasteiger partial charge in [-0.05, 0) is 76.1 Å². The molecule has 0 saturated heterocycles. The molecule has 0 bridgehead atoms. The molecule has 1 heterocycles. The molecule has 0 aliphatic rings. The van der Waals surface area contributed by atoms with Gasteiger partial charge in [-0.2, -0.15) is 5.10 Å². The number of hydrogen-bond acceptors (Lipinski definition) is 5. The van der Waals surface area contributed by atoms with E-state index in [9.17, 15) is 4.79 Å². The summed E-state index contributed by atoms with van der Waals surface area (Å²) in [5.41, 5.74) is 5.28. The largest absolute Gasteiger partial charge is 0.272 e. The molecule has 6 rings (SSSR count). The molecule has 0 spiro atoms. The number of thioether (sulfide) groups is 1. The normalized spacial score (nSPS) is 11.4. The first-order valence-electron chi connectivity index (χ1n) is 12.4. The van der Waals surface area contributed by atoms with Gasteiger partial charge in [-0.1, -0.05) is 83.5 Å². The Hall–Kier alpha value is -4.17. The lowest BCUT2D eigenvalue weighted by Crippen LogP contribution is -2.20. The summed E-state index contributed by atoms with van der Waals surface area (Å²) in [6.45, 7) is 0. The van der Waals surface area contributed by atoms with E-state index in [0.29, 0.717) is 21.0 Å². The SMILES string of the molecule is O=C(CSc1nnc(-c2ccc(Cl)cc2)n1-c1ccc(Cl)cc1)N/N=C\c1c2ccccc2cc2ccccc12. The summed E-state index contributed by atoms with van der Waals surface area (Å²) in [6, 6.07) is 33.2. The van der Waals surface area contributed by atoms with Crippen LogP contribution in [-0.2, 0) is 4.79 Å². The van der Waals surface area contributed by atoms with Crippen molar-refractivity contribution in [1.29, 1.82) is 0 Å². The Labute approximate surface area is 244 Å². The number of halogens is 2. The Morgan fingerprint density at radius 2 is 1.43 bits per heavy atom. The van der Waals surface area contributed by atoms with Gasteiger partial charge in [-0.25, -0.2) is 5.43 Å². The maximum atomic E-state index is 12.8. The van der Waals surface area contributed by atoms with E-state index in [1.807, 2.05) is 53.1 Å². The first-order valence-corrected chi connectivity index (χ1v) is 14.1. The van der Waals surface area contributed by atoms with Crippen molar-refractivity contribution in [2.45, 2.75) is 5.16 Å². The molecule has 0 saturated carbocycles. The van der Waals surface area contributed by atoms with Crippen molar-refractivity contribution in [3.8, 4) is 17.1 Å². The van der Waals surface area contributed by atoms with Gasteiger partial charge in [0.2, 0.25) is 0 Å². The second kappa shape index (κ2) is 11.5. The standard InChI is InChI=1S/C31H21Cl2N5OS/c32-23-11-9-20(10-12-23)30-36-37-31(38(30)25-15-13-24(33)14-16-25)40-19-29(39)35-34-18-28-26-7-3-1-5-21(26)17-22-6-2-4-8-27(22)28/h1-18H,19H2,(H,35,39)/b34-18-. The summed E-state index contributed by atoms with van der Waals surface area (Å²) in [7, 11) is 0. The number of hydrazone groups is 1. The highest BCUT2D eigenvalue weighted by molar-refractivity contribution is 7.99. The van der Waals surface area contributed by atoms with Crippen LogP contribution in [-0.4, -0.2) is 32.6 Å². The minimum atomic E-state index is -0.260. The van der Waals surface area contributed by atoms with Crippen molar-refractivity contribution < 1.29 is 4.79 Å². The lowest BCUT2D eigenvalue weighted by Gasteiger charge is -2.10. The first-order chi connectivity index (χ1) is 19.6. The van der Waals surface area contributed by atoms with Crippen LogP contribution in [0.4, 0.5) is 0 Å². The van der Waals surface area contributed by atoms with E-state index in [1.54, 1.807) is 30.5 Å². The highest BCUT2D eigenvalue weighted by atomic mass is 35.5. The van der Waals surface area contributed by atoms with Crippen LogP contribution in [0.25, 0.3) is 38.6 Å². The van der Waals surface area contributed by atoms with Crippen LogP contribution in [0.15, 0.2) is 113 Å². The third-order valence-corrected chi connectivity index (χ3v) is 7.78. The zero-order chi connectivity index (χ0) is 27.5. The number of carbonyl (C=O) groups excluding carboxylic acids is 1. The third-order valence-electron chi connectivity index (χ3n) is 6.35. The van der Waals surface area contributed by atoms with Gasteiger partial charge in [0.25, 0.3) is 5.91 Å². The summed E-state index contributed by atoms with van der Waals surface area (Å²) in [5.74, 6) is 0.465. The second-order valence-corrected chi connectivity index (χ2v) is 10.8. The maximum absolute atomic E-state index is 12.8. The molecule has 196 valence electrons. The number of nitrogens with zero attached hydrogens (tertiary/aromatic N) is 4. The van der Waals surface area contributed by atoms with Gasteiger partial charge in [-0.3, -0.25) is 9.36 Å². The van der Waals surface area contributed by atoms with Crippen LogP contribution in [0.3, 0.4) is 0 Å². The summed E-state index contributed by atoms with van der Waals surface area (Å²) in [4.78, 5) is 12.8. The fourth-order valence-corrected chi connectivity index (χ4v) is 5.49. The lowest BCUT2D eigenvalue weighted by molar-refractivity contribution is -0.118. The van der Waals surface area contributed by atoms with Crippen LogP contribution < -0.4 is 5.43 Å². The summed E-state index contributed by atoms with van der Waals surface area (Å²) < 4.78 is 1.89. The highest BCUT2D eigenvalue weighted by Gasteiger charge is 2.17. The van der Waals surface area contributed by atoms with Crippen LogP contribution in [0.2, 0.25) is 10.0 Å². The third kappa shape index (κ3) is 5.45. The van der Waals surface area contributed by atoms with Gasteiger partial charge in [0, 0.05) is 26.9 Å².